The van der Waals surface area contributed by atoms with E-state index in [0.29, 0.717) is 0 Å². The van der Waals surface area contributed by atoms with E-state index in [1.807, 2.05) is 0 Å². The first-order chi connectivity index (χ1) is 7.27. The van der Waals surface area contributed by atoms with E-state index in [-0.39, 0.29) is 0 Å². The van der Waals surface area contributed by atoms with Gasteiger partial charge in [0.2, 0.25) is 0 Å². The lowest BCUT2D eigenvalue weighted by Crippen LogP contribution is -1.99. The first-order valence-corrected chi connectivity index (χ1v) is 6.83. The van der Waals surface area contributed by atoms with Crippen molar-refractivity contribution in [3.63, 3.8) is 0 Å². The SMILES string of the molecule is Brc1ccc2c3c([nH]c2c1Br)CCCC3. The molecular formula is C12H11Br2N. The number of rotatable bonds is 0. The highest BCUT2D eigenvalue weighted by molar-refractivity contribution is 9.13. The molecule has 0 radical (unpaired) electrons. The van der Waals surface area contributed by atoms with Crippen LogP contribution in [0.1, 0.15) is 24.1 Å². The van der Waals surface area contributed by atoms with Crippen LogP contribution in [-0.2, 0) is 12.8 Å². The van der Waals surface area contributed by atoms with Gasteiger partial charge in [0.25, 0.3) is 0 Å². The first kappa shape index (κ1) is 9.91. The summed E-state index contributed by atoms with van der Waals surface area (Å²) in [5.74, 6) is 0. The van der Waals surface area contributed by atoms with Crippen LogP contribution in [0.15, 0.2) is 21.1 Å². The van der Waals surface area contributed by atoms with E-state index < -0.39 is 0 Å². The highest BCUT2D eigenvalue weighted by Crippen LogP contribution is 2.36. The van der Waals surface area contributed by atoms with E-state index in [4.69, 9.17) is 0 Å². The van der Waals surface area contributed by atoms with Crippen molar-refractivity contribution in [2.75, 3.05) is 0 Å². The van der Waals surface area contributed by atoms with E-state index in [1.165, 1.54) is 47.8 Å². The minimum absolute atomic E-state index is 1.12. The molecule has 1 aromatic carbocycles. The number of aromatic amines is 1. The molecule has 1 aliphatic rings. The molecule has 0 bridgehead atoms. The third-order valence-corrected chi connectivity index (χ3v) is 5.18. The molecule has 1 heterocycles. The summed E-state index contributed by atoms with van der Waals surface area (Å²) >= 11 is 7.17. The number of benzene rings is 1. The molecule has 0 fully saturated rings. The van der Waals surface area contributed by atoms with Gasteiger partial charge in [-0.2, -0.15) is 0 Å². The van der Waals surface area contributed by atoms with Crippen LogP contribution in [0.4, 0.5) is 0 Å². The van der Waals surface area contributed by atoms with Gasteiger partial charge in [0.15, 0.2) is 0 Å². The number of fused-ring (bicyclic) bond motifs is 3. The van der Waals surface area contributed by atoms with Crippen molar-refractivity contribution in [1.29, 1.82) is 0 Å². The second-order valence-corrected chi connectivity index (χ2v) is 5.72. The van der Waals surface area contributed by atoms with E-state index in [1.54, 1.807) is 0 Å². The van der Waals surface area contributed by atoms with Gasteiger partial charge >= 0.3 is 0 Å². The van der Waals surface area contributed by atoms with Crippen molar-refractivity contribution >= 4 is 42.8 Å². The number of halogens is 2. The highest BCUT2D eigenvalue weighted by Gasteiger charge is 2.17. The van der Waals surface area contributed by atoms with Crippen LogP contribution < -0.4 is 0 Å². The molecule has 0 saturated carbocycles. The predicted octanol–water partition coefficient (Wildman–Crippen LogP) is 4.57. The molecule has 78 valence electrons. The molecule has 1 aliphatic carbocycles. The third kappa shape index (κ3) is 1.48. The van der Waals surface area contributed by atoms with Crippen LogP contribution in [0.25, 0.3) is 10.9 Å². The number of hydrogen-bond acceptors (Lipinski definition) is 0. The molecule has 0 amide bonds. The Labute approximate surface area is 106 Å². The Morgan fingerprint density at radius 2 is 1.87 bits per heavy atom. The van der Waals surface area contributed by atoms with Gasteiger partial charge in [-0.25, -0.2) is 0 Å². The van der Waals surface area contributed by atoms with Crippen molar-refractivity contribution in [2.45, 2.75) is 25.7 Å². The normalized spacial score (nSPS) is 15.6. The Hall–Kier alpha value is -0.280. The van der Waals surface area contributed by atoms with Crippen molar-refractivity contribution in [3.05, 3.63) is 32.3 Å². The average Bonchev–Trinajstić information content (AvgIpc) is 2.63. The zero-order valence-electron chi connectivity index (χ0n) is 8.24. The Kier molecular flexibility index (Phi) is 2.40. The molecule has 0 aliphatic heterocycles. The van der Waals surface area contributed by atoms with Gasteiger partial charge in [0.05, 0.1) is 9.99 Å². The number of aromatic nitrogens is 1. The topological polar surface area (TPSA) is 15.8 Å². The fourth-order valence-corrected chi connectivity index (χ4v) is 3.19. The molecule has 1 nitrogen and oxygen atoms in total. The Morgan fingerprint density at radius 1 is 1.07 bits per heavy atom. The summed E-state index contributed by atoms with van der Waals surface area (Å²) in [7, 11) is 0. The quantitative estimate of drug-likeness (QED) is 0.729. The maximum atomic E-state index is 3.63. The van der Waals surface area contributed by atoms with Crippen LogP contribution in [0.5, 0.6) is 0 Å². The second-order valence-electron chi connectivity index (χ2n) is 4.07. The predicted molar refractivity (Wildman–Crippen MR) is 70.3 cm³/mol. The van der Waals surface area contributed by atoms with Gasteiger partial charge in [0, 0.05) is 15.6 Å². The first-order valence-electron chi connectivity index (χ1n) is 5.25. The molecule has 1 aromatic heterocycles. The molecule has 3 heteroatoms. The number of hydrogen-bond donors (Lipinski definition) is 1. The minimum atomic E-state index is 1.12. The maximum absolute atomic E-state index is 3.63. The monoisotopic (exact) mass is 327 g/mol. The summed E-state index contributed by atoms with van der Waals surface area (Å²) in [4.78, 5) is 3.55. The minimum Gasteiger partial charge on any atom is -0.357 e. The lowest BCUT2D eigenvalue weighted by atomic mass is 9.96. The maximum Gasteiger partial charge on any atom is 0.0614 e. The van der Waals surface area contributed by atoms with Gasteiger partial charge < -0.3 is 4.98 Å². The standard InChI is InChI=1S/C12H11Br2N/c13-9-6-5-8-7-3-1-2-4-10(7)15-12(8)11(9)14/h5-6,15H,1-4H2. The van der Waals surface area contributed by atoms with E-state index in [2.05, 4.69) is 49.0 Å². The molecule has 0 atom stereocenters. The van der Waals surface area contributed by atoms with E-state index in [0.717, 1.165) is 8.95 Å². The smallest absolute Gasteiger partial charge is 0.0614 e. The largest absolute Gasteiger partial charge is 0.357 e. The van der Waals surface area contributed by atoms with Crippen molar-refractivity contribution in [2.24, 2.45) is 0 Å². The van der Waals surface area contributed by atoms with Gasteiger partial charge in [-0.1, -0.05) is 6.07 Å². The van der Waals surface area contributed by atoms with Crippen molar-refractivity contribution in [3.8, 4) is 0 Å². The molecule has 0 spiro atoms. The fraction of sp³-hybridized carbons (Fsp3) is 0.333. The molecule has 15 heavy (non-hydrogen) atoms. The summed E-state index contributed by atoms with van der Waals surface area (Å²) in [5, 5.41) is 1.39. The van der Waals surface area contributed by atoms with Gasteiger partial charge in [-0.15, -0.1) is 0 Å². The number of nitrogens with one attached hydrogen (secondary N) is 1. The molecule has 1 N–H and O–H groups in total. The fourth-order valence-electron chi connectivity index (χ4n) is 2.42. The van der Waals surface area contributed by atoms with Crippen molar-refractivity contribution in [1.82, 2.24) is 4.98 Å². The number of H-pyrrole nitrogens is 1. The lowest BCUT2D eigenvalue weighted by Gasteiger charge is -2.10. The Bertz CT molecular complexity index is 528. The second kappa shape index (κ2) is 3.63. The van der Waals surface area contributed by atoms with Crippen molar-refractivity contribution < 1.29 is 0 Å². The van der Waals surface area contributed by atoms with Crippen LogP contribution in [0.3, 0.4) is 0 Å². The van der Waals surface area contributed by atoms with Gasteiger partial charge in [0.1, 0.15) is 0 Å². The molecule has 0 saturated heterocycles. The molecule has 0 unspecified atom stereocenters. The van der Waals surface area contributed by atoms with Gasteiger partial charge in [-0.05, 0) is 69.2 Å². The number of aryl methyl sites for hydroxylation is 2. The average molecular weight is 329 g/mol. The van der Waals surface area contributed by atoms with Crippen LogP contribution in [-0.4, -0.2) is 4.98 Å². The van der Waals surface area contributed by atoms with Crippen LogP contribution >= 0.6 is 31.9 Å². The van der Waals surface area contributed by atoms with Crippen LogP contribution in [0, 0.1) is 0 Å². The van der Waals surface area contributed by atoms with Gasteiger partial charge in [-0.3, -0.25) is 0 Å². The molecular weight excluding hydrogens is 318 g/mol. The third-order valence-electron chi connectivity index (χ3n) is 3.16. The van der Waals surface area contributed by atoms with E-state index >= 15 is 0 Å². The highest BCUT2D eigenvalue weighted by atomic mass is 79.9. The Balaban J connectivity index is 2.36. The summed E-state index contributed by atoms with van der Waals surface area (Å²) < 4.78 is 2.27. The lowest BCUT2D eigenvalue weighted by molar-refractivity contribution is 0.680. The summed E-state index contributed by atoms with van der Waals surface area (Å²) in [6, 6.07) is 4.33. The summed E-state index contributed by atoms with van der Waals surface area (Å²) in [6.07, 6.45) is 5.07. The molecule has 3 rings (SSSR count). The summed E-state index contributed by atoms with van der Waals surface area (Å²) in [6.45, 7) is 0. The van der Waals surface area contributed by atoms with E-state index in [9.17, 15) is 0 Å². The summed E-state index contributed by atoms with van der Waals surface area (Å²) in [5.41, 5.74) is 4.22. The molecule has 2 aromatic rings. The van der Waals surface area contributed by atoms with Crippen LogP contribution in [0.2, 0.25) is 0 Å². The zero-order valence-corrected chi connectivity index (χ0v) is 11.4. The zero-order chi connectivity index (χ0) is 10.4. The Morgan fingerprint density at radius 3 is 2.73 bits per heavy atom.